The Morgan fingerprint density at radius 2 is 1.82 bits per heavy atom. The number of hydrogen-bond acceptors (Lipinski definition) is 5. The highest BCUT2D eigenvalue weighted by molar-refractivity contribution is 6.32. The van der Waals surface area contributed by atoms with Gasteiger partial charge in [-0.1, -0.05) is 35.9 Å². The van der Waals surface area contributed by atoms with E-state index < -0.39 is 0 Å². The monoisotopic (exact) mass is 478 g/mol. The second kappa shape index (κ2) is 10.2. The van der Waals surface area contributed by atoms with Gasteiger partial charge in [-0.05, 0) is 29.8 Å². The van der Waals surface area contributed by atoms with Gasteiger partial charge in [0, 0.05) is 38.0 Å². The predicted octanol–water partition coefficient (Wildman–Crippen LogP) is 3.57. The number of benzene rings is 2. The second-order valence-corrected chi connectivity index (χ2v) is 8.02. The summed E-state index contributed by atoms with van der Waals surface area (Å²) in [4.78, 5) is 25.7. The summed E-state index contributed by atoms with van der Waals surface area (Å²) in [7, 11) is 3.44. The molecule has 4 aromatic rings. The van der Waals surface area contributed by atoms with Gasteiger partial charge in [-0.15, -0.1) is 0 Å². The lowest BCUT2D eigenvalue weighted by Crippen LogP contribution is -2.26. The maximum atomic E-state index is 12.9. The molecule has 0 bridgehead atoms. The zero-order valence-electron chi connectivity index (χ0n) is 18.7. The third kappa shape index (κ3) is 5.44. The molecule has 0 saturated heterocycles. The molecule has 0 unspecified atom stereocenters. The van der Waals surface area contributed by atoms with Crippen LogP contribution in [0.2, 0.25) is 5.02 Å². The molecule has 0 atom stereocenters. The van der Waals surface area contributed by atoms with Crippen LogP contribution < -0.4 is 15.4 Å². The molecule has 2 amide bonds. The fourth-order valence-electron chi connectivity index (χ4n) is 3.35. The molecule has 2 aromatic heterocycles. The van der Waals surface area contributed by atoms with E-state index in [4.69, 9.17) is 16.3 Å². The lowest BCUT2D eigenvalue weighted by atomic mass is 10.1. The predicted molar refractivity (Wildman–Crippen MR) is 128 cm³/mol. The minimum Gasteiger partial charge on any atom is -0.487 e. The van der Waals surface area contributed by atoms with E-state index in [0.717, 1.165) is 11.1 Å². The van der Waals surface area contributed by atoms with E-state index in [1.165, 1.54) is 10.9 Å². The number of amides is 2. The molecule has 9 nitrogen and oxygen atoms in total. The molecule has 0 radical (unpaired) electrons. The van der Waals surface area contributed by atoms with Crippen molar-refractivity contribution in [3.63, 3.8) is 0 Å². The summed E-state index contributed by atoms with van der Waals surface area (Å²) < 4.78 is 8.84. The zero-order chi connectivity index (χ0) is 24.1. The van der Waals surface area contributed by atoms with Crippen LogP contribution >= 0.6 is 11.6 Å². The summed E-state index contributed by atoms with van der Waals surface area (Å²) >= 11 is 6.13. The van der Waals surface area contributed by atoms with Crippen LogP contribution in [0.5, 0.6) is 5.75 Å². The van der Waals surface area contributed by atoms with E-state index in [2.05, 4.69) is 20.8 Å². The Kier molecular flexibility index (Phi) is 6.93. The fraction of sp³-hybridized carbons (Fsp3) is 0.167. The first-order valence-electron chi connectivity index (χ1n) is 10.5. The molecule has 174 valence electrons. The molecule has 2 aromatic carbocycles. The minimum absolute atomic E-state index is 0.246. The number of para-hydroxylation sites is 1. The summed E-state index contributed by atoms with van der Waals surface area (Å²) in [6.07, 6.45) is 4.94. The molecule has 2 heterocycles. The van der Waals surface area contributed by atoms with Crippen LogP contribution in [0.25, 0.3) is 0 Å². The first-order chi connectivity index (χ1) is 16.4. The van der Waals surface area contributed by atoms with Crippen LogP contribution in [-0.2, 0) is 27.2 Å². The van der Waals surface area contributed by atoms with Crippen molar-refractivity contribution in [2.75, 3.05) is 5.32 Å². The van der Waals surface area contributed by atoms with Gasteiger partial charge >= 0.3 is 0 Å². The normalized spacial score (nSPS) is 10.7. The van der Waals surface area contributed by atoms with Crippen molar-refractivity contribution in [1.29, 1.82) is 0 Å². The van der Waals surface area contributed by atoms with Gasteiger partial charge in [0.2, 0.25) is 0 Å². The average molecular weight is 479 g/mol. The van der Waals surface area contributed by atoms with E-state index in [1.54, 1.807) is 55.3 Å². The van der Waals surface area contributed by atoms with Crippen molar-refractivity contribution < 1.29 is 14.3 Å². The highest BCUT2D eigenvalue weighted by atomic mass is 35.5. The largest absolute Gasteiger partial charge is 0.487 e. The van der Waals surface area contributed by atoms with Gasteiger partial charge in [0.05, 0.1) is 23.1 Å². The topological polar surface area (TPSA) is 103 Å². The van der Waals surface area contributed by atoms with Crippen LogP contribution in [0, 0.1) is 0 Å². The van der Waals surface area contributed by atoms with Crippen LogP contribution in [0.15, 0.2) is 67.1 Å². The van der Waals surface area contributed by atoms with E-state index in [0.29, 0.717) is 28.6 Å². The highest BCUT2D eigenvalue weighted by Gasteiger charge is 2.19. The summed E-state index contributed by atoms with van der Waals surface area (Å²) in [6.45, 7) is 0.554. The summed E-state index contributed by atoms with van der Waals surface area (Å²) in [5, 5.41) is 14.3. The Morgan fingerprint density at radius 1 is 1.00 bits per heavy atom. The van der Waals surface area contributed by atoms with Gasteiger partial charge in [0.1, 0.15) is 18.1 Å². The molecule has 0 aliphatic heterocycles. The van der Waals surface area contributed by atoms with Crippen molar-refractivity contribution in [3.8, 4) is 5.75 Å². The van der Waals surface area contributed by atoms with Gasteiger partial charge < -0.3 is 15.4 Å². The number of carbonyl (C=O) groups is 2. The summed E-state index contributed by atoms with van der Waals surface area (Å²) in [6, 6.07) is 14.2. The number of hydrogen-bond donors (Lipinski definition) is 2. The number of halogens is 1. The quantitative estimate of drug-likeness (QED) is 0.403. The number of nitrogens with one attached hydrogen (secondary N) is 2. The molecule has 0 fully saturated rings. The maximum absolute atomic E-state index is 12.9. The first kappa shape index (κ1) is 23.1. The lowest BCUT2D eigenvalue weighted by Gasteiger charge is -2.10. The number of carbonyl (C=O) groups excluding carboxylic acids is 2. The number of rotatable bonds is 8. The van der Waals surface area contributed by atoms with Crippen LogP contribution in [0.4, 0.5) is 5.69 Å². The highest BCUT2D eigenvalue weighted by Crippen LogP contribution is 2.24. The smallest absolute Gasteiger partial charge is 0.271 e. The molecule has 4 rings (SSSR count). The Morgan fingerprint density at radius 3 is 2.59 bits per heavy atom. The van der Waals surface area contributed by atoms with E-state index >= 15 is 0 Å². The van der Waals surface area contributed by atoms with Crippen LogP contribution in [0.3, 0.4) is 0 Å². The Hall–Kier alpha value is -4.11. The van der Waals surface area contributed by atoms with Gasteiger partial charge in [0.15, 0.2) is 0 Å². The molecule has 0 spiro atoms. The Labute approximate surface area is 201 Å². The van der Waals surface area contributed by atoms with Crippen molar-refractivity contribution in [3.05, 3.63) is 94.5 Å². The third-order valence-electron chi connectivity index (χ3n) is 5.03. The molecule has 0 aliphatic carbocycles. The Bertz CT molecular complexity index is 1330. The Balaban J connectivity index is 1.42. The molecule has 0 saturated carbocycles. The van der Waals surface area contributed by atoms with E-state index in [-0.39, 0.29) is 24.1 Å². The first-order valence-corrected chi connectivity index (χ1v) is 10.8. The lowest BCUT2D eigenvalue weighted by molar-refractivity contribution is 0.0942. The summed E-state index contributed by atoms with van der Waals surface area (Å²) in [5.74, 6) is -0.161. The third-order valence-corrected chi connectivity index (χ3v) is 5.35. The van der Waals surface area contributed by atoms with Crippen LogP contribution in [-0.4, -0.2) is 31.4 Å². The van der Waals surface area contributed by atoms with E-state index in [1.807, 2.05) is 24.4 Å². The summed E-state index contributed by atoms with van der Waals surface area (Å²) in [5.41, 5.74) is 2.64. The van der Waals surface area contributed by atoms with Gasteiger partial charge in [-0.25, -0.2) is 0 Å². The number of nitrogens with zero attached hydrogens (tertiary/aromatic N) is 4. The molecule has 2 N–H and O–H groups in total. The standard InChI is InChI=1S/C24H23ClN6O3/c1-30-14-17(12-27-30)11-26-24(33)22-20(13-28-31(22)2)29-23(32)18-7-5-6-16(10-18)15-34-21-9-4-3-8-19(21)25/h3-10,12-14H,11,15H2,1-2H3,(H,26,33)(H,29,32). The molecule has 0 aliphatic rings. The number of aromatic nitrogens is 4. The second-order valence-electron chi connectivity index (χ2n) is 7.61. The number of ether oxygens (including phenoxy) is 1. The molecular formula is C24H23ClN6O3. The van der Waals surface area contributed by atoms with Crippen molar-refractivity contribution in [2.45, 2.75) is 13.2 Å². The van der Waals surface area contributed by atoms with Crippen molar-refractivity contribution >= 4 is 29.1 Å². The number of aryl methyl sites for hydroxylation is 2. The van der Waals surface area contributed by atoms with Gasteiger partial charge in [-0.2, -0.15) is 10.2 Å². The van der Waals surface area contributed by atoms with Crippen molar-refractivity contribution in [1.82, 2.24) is 24.9 Å². The maximum Gasteiger partial charge on any atom is 0.271 e. The fourth-order valence-corrected chi connectivity index (χ4v) is 3.54. The van der Waals surface area contributed by atoms with Crippen molar-refractivity contribution in [2.24, 2.45) is 14.1 Å². The average Bonchev–Trinajstić information content (AvgIpc) is 3.42. The SMILES string of the molecule is Cn1cc(CNC(=O)c2c(NC(=O)c3cccc(COc4ccccc4Cl)c3)cnn2C)cn1. The van der Waals surface area contributed by atoms with Gasteiger partial charge in [0.25, 0.3) is 11.8 Å². The minimum atomic E-state index is -0.367. The van der Waals surface area contributed by atoms with Crippen LogP contribution in [0.1, 0.15) is 32.0 Å². The van der Waals surface area contributed by atoms with Gasteiger partial charge in [-0.3, -0.25) is 19.0 Å². The number of anilines is 1. The van der Waals surface area contributed by atoms with E-state index in [9.17, 15) is 9.59 Å². The molecular weight excluding hydrogens is 456 g/mol. The molecule has 10 heteroatoms. The zero-order valence-corrected chi connectivity index (χ0v) is 19.4. The molecule has 34 heavy (non-hydrogen) atoms.